The van der Waals surface area contributed by atoms with Crippen molar-refractivity contribution in [1.29, 1.82) is 0 Å². The van der Waals surface area contributed by atoms with E-state index in [2.05, 4.69) is 48.2 Å². The van der Waals surface area contributed by atoms with E-state index in [1.54, 1.807) is 0 Å². The summed E-state index contributed by atoms with van der Waals surface area (Å²) in [5.74, 6) is -0.0340. The molecule has 0 spiro atoms. The molecule has 1 aromatic carbocycles. The Balaban J connectivity index is 1.74. The minimum absolute atomic E-state index is 0.252. The van der Waals surface area contributed by atoms with Crippen molar-refractivity contribution in [2.75, 3.05) is 18.0 Å². The molecule has 1 aromatic heterocycles. The number of hydrogen-bond acceptors (Lipinski definition) is 3. The molecule has 2 N–H and O–H groups in total. The van der Waals surface area contributed by atoms with E-state index < -0.39 is 0 Å². The highest BCUT2D eigenvalue weighted by Gasteiger charge is 2.28. The van der Waals surface area contributed by atoms with Gasteiger partial charge in [0.15, 0.2) is 0 Å². The van der Waals surface area contributed by atoms with Gasteiger partial charge in [0.05, 0.1) is 5.00 Å². The van der Waals surface area contributed by atoms with Crippen molar-refractivity contribution in [2.24, 2.45) is 11.7 Å². The van der Waals surface area contributed by atoms with Crippen molar-refractivity contribution in [3.63, 3.8) is 0 Å². The van der Waals surface area contributed by atoms with Crippen LogP contribution in [0.15, 0.2) is 48.0 Å². The van der Waals surface area contributed by atoms with Gasteiger partial charge in [-0.05, 0) is 38.0 Å². The Morgan fingerprint density at radius 1 is 1.26 bits per heavy atom. The second-order valence-electron chi connectivity index (χ2n) is 6.04. The van der Waals surface area contributed by atoms with E-state index in [0.717, 1.165) is 25.1 Å². The molecule has 2 heterocycles. The van der Waals surface area contributed by atoms with Crippen molar-refractivity contribution in [3.05, 3.63) is 53.6 Å². The van der Waals surface area contributed by atoms with Crippen LogP contribution in [-0.2, 0) is 4.79 Å². The summed E-state index contributed by atoms with van der Waals surface area (Å²) in [6.07, 6.45) is 2.85. The molecule has 3 rings (SSSR count). The maximum atomic E-state index is 11.5. The van der Waals surface area contributed by atoms with Gasteiger partial charge < -0.3 is 10.6 Å². The summed E-state index contributed by atoms with van der Waals surface area (Å²) in [7, 11) is 0. The molecule has 1 saturated heterocycles. The molecule has 120 valence electrons. The molecule has 2 aromatic rings. The van der Waals surface area contributed by atoms with Crippen molar-refractivity contribution in [3.8, 4) is 10.4 Å². The van der Waals surface area contributed by atoms with E-state index in [-0.39, 0.29) is 11.8 Å². The molecule has 4 heteroatoms. The number of nitrogens with two attached hydrogens (primary N) is 1. The van der Waals surface area contributed by atoms with E-state index in [1.807, 2.05) is 24.3 Å². The van der Waals surface area contributed by atoms with E-state index in [9.17, 15) is 4.79 Å². The summed E-state index contributed by atoms with van der Waals surface area (Å²) < 4.78 is 0. The molecule has 0 saturated carbocycles. The van der Waals surface area contributed by atoms with Crippen molar-refractivity contribution < 1.29 is 4.79 Å². The topological polar surface area (TPSA) is 46.3 Å². The van der Waals surface area contributed by atoms with Crippen LogP contribution in [0.4, 0.5) is 5.00 Å². The normalized spacial score (nSPS) is 18.4. The van der Waals surface area contributed by atoms with Gasteiger partial charge in [0.1, 0.15) is 0 Å². The van der Waals surface area contributed by atoms with Crippen molar-refractivity contribution in [1.82, 2.24) is 0 Å². The fourth-order valence-electron chi connectivity index (χ4n) is 3.16. The summed E-state index contributed by atoms with van der Waals surface area (Å²) in [5, 5.41) is 1.27. The number of primary amides is 1. The molecule has 1 atom stereocenters. The van der Waals surface area contributed by atoms with Crippen LogP contribution >= 0.6 is 11.3 Å². The summed E-state index contributed by atoms with van der Waals surface area (Å²) in [6.45, 7) is 5.84. The molecule has 0 aliphatic carbocycles. The van der Waals surface area contributed by atoms with Crippen molar-refractivity contribution in [2.45, 2.75) is 20.3 Å². The number of rotatable bonds is 4. The molecule has 3 nitrogen and oxygen atoms in total. The Bertz CT molecular complexity index is 730. The largest absolute Gasteiger partial charge is 0.366 e. The first kappa shape index (κ1) is 15.8. The summed E-state index contributed by atoms with van der Waals surface area (Å²) in [6, 6.07) is 13.0. The highest BCUT2D eigenvalue weighted by Crippen LogP contribution is 2.37. The molecule has 1 fully saturated rings. The average molecular weight is 326 g/mol. The lowest BCUT2D eigenvalue weighted by Crippen LogP contribution is -2.24. The van der Waals surface area contributed by atoms with Gasteiger partial charge in [-0.2, -0.15) is 0 Å². The molecule has 0 bridgehead atoms. The standard InChI is InChI=1S/C19H22N2OS/c1-3-16(19(20)22)15-10-11-21(12-15)18-9-8-17(23-18)14-6-4-13(2)5-7-14/h3-9,15H,10-12H2,1-2H3,(H2,20,22)/b16-3-. The predicted octanol–water partition coefficient (Wildman–Crippen LogP) is 3.98. The van der Waals surface area contributed by atoms with E-state index in [1.165, 1.54) is 21.0 Å². The zero-order valence-corrected chi connectivity index (χ0v) is 14.4. The van der Waals surface area contributed by atoms with Crippen LogP contribution < -0.4 is 10.6 Å². The lowest BCUT2D eigenvalue weighted by atomic mass is 9.97. The quantitative estimate of drug-likeness (QED) is 0.864. The number of hydrogen-bond donors (Lipinski definition) is 1. The lowest BCUT2D eigenvalue weighted by molar-refractivity contribution is -0.115. The Labute approximate surface area is 141 Å². The molecule has 0 radical (unpaired) electrons. The number of allylic oxidation sites excluding steroid dienone is 1. The number of benzene rings is 1. The zero-order valence-electron chi connectivity index (χ0n) is 13.6. The zero-order chi connectivity index (χ0) is 16.4. The Kier molecular flexibility index (Phi) is 4.53. The minimum atomic E-state index is -0.286. The van der Waals surface area contributed by atoms with E-state index in [4.69, 9.17) is 5.73 Å². The first-order chi connectivity index (χ1) is 11.1. The van der Waals surface area contributed by atoms with Crippen LogP contribution in [0.1, 0.15) is 18.9 Å². The molecular formula is C19H22N2OS. The Hall–Kier alpha value is -2.07. The molecular weight excluding hydrogens is 304 g/mol. The van der Waals surface area contributed by atoms with Gasteiger partial charge in [-0.3, -0.25) is 4.79 Å². The molecule has 23 heavy (non-hydrogen) atoms. The number of thiophene rings is 1. The fraction of sp³-hybridized carbons (Fsp3) is 0.316. The third kappa shape index (κ3) is 3.32. The predicted molar refractivity (Wildman–Crippen MR) is 97.8 cm³/mol. The first-order valence-electron chi connectivity index (χ1n) is 7.96. The number of aryl methyl sites for hydroxylation is 1. The Morgan fingerprint density at radius 2 is 2.00 bits per heavy atom. The van der Waals surface area contributed by atoms with Gasteiger partial charge >= 0.3 is 0 Å². The minimum Gasteiger partial charge on any atom is -0.366 e. The van der Waals surface area contributed by atoms with Gasteiger partial charge in [-0.15, -0.1) is 11.3 Å². The number of amides is 1. The van der Waals surface area contributed by atoms with Crippen LogP contribution in [-0.4, -0.2) is 19.0 Å². The van der Waals surface area contributed by atoms with Crippen LogP contribution in [0, 0.1) is 12.8 Å². The molecule has 1 amide bonds. The maximum absolute atomic E-state index is 11.5. The highest BCUT2D eigenvalue weighted by molar-refractivity contribution is 7.19. The van der Waals surface area contributed by atoms with Crippen LogP contribution in [0.25, 0.3) is 10.4 Å². The maximum Gasteiger partial charge on any atom is 0.244 e. The van der Waals surface area contributed by atoms with Gasteiger partial charge in [0.25, 0.3) is 0 Å². The number of carbonyl (C=O) groups excluding carboxylic acids is 1. The number of nitrogens with zero attached hydrogens (tertiary/aromatic N) is 1. The SMILES string of the molecule is C/C=C(\C(N)=O)C1CCN(c2ccc(-c3ccc(C)cc3)s2)C1. The van der Waals surface area contributed by atoms with Crippen LogP contribution in [0.2, 0.25) is 0 Å². The summed E-state index contributed by atoms with van der Waals surface area (Å²) >= 11 is 1.81. The first-order valence-corrected chi connectivity index (χ1v) is 8.78. The average Bonchev–Trinajstić information content (AvgIpc) is 3.17. The Morgan fingerprint density at radius 3 is 2.65 bits per heavy atom. The van der Waals surface area contributed by atoms with Crippen molar-refractivity contribution >= 4 is 22.2 Å². The third-order valence-electron chi connectivity index (χ3n) is 4.46. The highest BCUT2D eigenvalue weighted by atomic mass is 32.1. The van der Waals surface area contributed by atoms with Gasteiger partial charge in [-0.25, -0.2) is 0 Å². The summed E-state index contributed by atoms with van der Waals surface area (Å²) in [4.78, 5) is 15.2. The fourth-order valence-corrected chi connectivity index (χ4v) is 4.21. The van der Waals surface area contributed by atoms with E-state index in [0.29, 0.717) is 0 Å². The second kappa shape index (κ2) is 6.59. The van der Waals surface area contributed by atoms with Crippen LogP contribution in [0.5, 0.6) is 0 Å². The second-order valence-corrected chi connectivity index (χ2v) is 7.11. The third-order valence-corrected chi connectivity index (χ3v) is 5.66. The van der Waals surface area contributed by atoms with Gasteiger partial charge in [0, 0.05) is 29.5 Å². The number of carbonyl (C=O) groups is 1. The lowest BCUT2D eigenvalue weighted by Gasteiger charge is -2.16. The van der Waals surface area contributed by atoms with E-state index >= 15 is 0 Å². The van der Waals surface area contributed by atoms with Gasteiger partial charge in [-0.1, -0.05) is 35.9 Å². The summed E-state index contributed by atoms with van der Waals surface area (Å²) in [5.41, 5.74) is 8.78. The monoisotopic (exact) mass is 326 g/mol. The number of anilines is 1. The van der Waals surface area contributed by atoms with Gasteiger partial charge in [0.2, 0.25) is 5.91 Å². The van der Waals surface area contributed by atoms with Crippen LogP contribution in [0.3, 0.4) is 0 Å². The molecule has 1 unspecified atom stereocenters. The molecule has 1 aliphatic heterocycles. The smallest absolute Gasteiger partial charge is 0.244 e. The molecule has 1 aliphatic rings.